The molecule has 0 saturated heterocycles. The van der Waals surface area contributed by atoms with Crippen molar-refractivity contribution < 1.29 is 0 Å². The van der Waals surface area contributed by atoms with E-state index in [1.165, 1.54) is 4.57 Å². The summed E-state index contributed by atoms with van der Waals surface area (Å²) in [5, 5.41) is 0.472. The Hall–Kier alpha value is -1.55. The SMILES string of the molecule is O=c1c2ccccc2nc(C(Cl)(Cl)Cl)n1-c1ccccc1. The van der Waals surface area contributed by atoms with Gasteiger partial charge in [0, 0.05) is 0 Å². The molecule has 0 amide bonds. The Labute approximate surface area is 135 Å². The molecule has 2 aromatic carbocycles. The number of hydrogen-bond acceptors (Lipinski definition) is 2. The first kappa shape index (κ1) is 14.4. The summed E-state index contributed by atoms with van der Waals surface area (Å²) in [5.41, 5.74) is 0.825. The van der Waals surface area contributed by atoms with Crippen LogP contribution < -0.4 is 5.56 Å². The second kappa shape index (κ2) is 5.34. The minimum Gasteiger partial charge on any atom is -0.268 e. The molecule has 3 aromatic rings. The summed E-state index contributed by atoms with van der Waals surface area (Å²) in [7, 11) is 0. The molecule has 21 heavy (non-hydrogen) atoms. The lowest BCUT2D eigenvalue weighted by Crippen LogP contribution is -2.27. The number of nitrogens with zero attached hydrogens (tertiary/aromatic N) is 2. The third-order valence-corrected chi connectivity index (χ3v) is 3.55. The molecule has 0 atom stereocenters. The molecule has 0 aliphatic carbocycles. The van der Waals surface area contributed by atoms with Gasteiger partial charge in [0.05, 0.1) is 16.6 Å². The number of fused-ring (bicyclic) bond motifs is 1. The van der Waals surface area contributed by atoms with Crippen molar-refractivity contribution in [2.24, 2.45) is 0 Å². The summed E-state index contributed by atoms with van der Waals surface area (Å²) in [6.07, 6.45) is 0. The Bertz CT molecular complexity index is 854. The van der Waals surface area contributed by atoms with Crippen molar-refractivity contribution in [3.8, 4) is 5.69 Å². The zero-order chi connectivity index (χ0) is 15.0. The van der Waals surface area contributed by atoms with E-state index in [-0.39, 0.29) is 11.4 Å². The Morgan fingerprint density at radius 1 is 0.905 bits per heavy atom. The van der Waals surface area contributed by atoms with Crippen molar-refractivity contribution in [2.75, 3.05) is 0 Å². The van der Waals surface area contributed by atoms with Crippen LogP contribution in [0.1, 0.15) is 5.82 Å². The summed E-state index contributed by atoms with van der Waals surface area (Å²) in [6.45, 7) is 0. The van der Waals surface area contributed by atoms with E-state index in [1.807, 2.05) is 6.07 Å². The minimum atomic E-state index is -1.81. The molecule has 0 fully saturated rings. The molecular formula is C15H9Cl3N2O. The largest absolute Gasteiger partial charge is 0.268 e. The van der Waals surface area contributed by atoms with Crippen molar-refractivity contribution in [2.45, 2.75) is 3.79 Å². The molecule has 0 spiro atoms. The number of hydrogen-bond donors (Lipinski definition) is 0. The quantitative estimate of drug-likeness (QED) is 0.622. The number of para-hydroxylation sites is 2. The number of benzene rings is 2. The van der Waals surface area contributed by atoms with E-state index in [0.29, 0.717) is 16.6 Å². The lowest BCUT2D eigenvalue weighted by atomic mass is 10.2. The smallest absolute Gasteiger partial charge is 0.266 e. The third kappa shape index (κ3) is 2.64. The zero-order valence-electron chi connectivity index (χ0n) is 10.6. The van der Waals surface area contributed by atoms with E-state index in [4.69, 9.17) is 34.8 Å². The van der Waals surface area contributed by atoms with Crippen molar-refractivity contribution in [3.05, 3.63) is 70.8 Å². The molecule has 0 aliphatic rings. The fourth-order valence-electron chi connectivity index (χ4n) is 2.14. The summed E-state index contributed by atoms with van der Waals surface area (Å²) in [4.78, 5) is 17.1. The van der Waals surface area contributed by atoms with Crippen LogP contribution in [0.2, 0.25) is 0 Å². The van der Waals surface area contributed by atoms with Gasteiger partial charge in [0.15, 0.2) is 5.82 Å². The van der Waals surface area contributed by atoms with Gasteiger partial charge in [-0.25, -0.2) is 4.98 Å². The summed E-state index contributed by atoms with van der Waals surface area (Å²) in [6, 6.07) is 15.9. The molecular weight excluding hydrogens is 331 g/mol. The van der Waals surface area contributed by atoms with Gasteiger partial charge in [-0.15, -0.1) is 0 Å². The Kier molecular flexibility index (Phi) is 3.66. The Morgan fingerprint density at radius 3 is 2.19 bits per heavy atom. The van der Waals surface area contributed by atoms with Crippen LogP contribution in [-0.4, -0.2) is 9.55 Å². The highest BCUT2D eigenvalue weighted by atomic mass is 35.6. The van der Waals surface area contributed by atoms with Crippen LogP contribution in [0, 0.1) is 0 Å². The van der Waals surface area contributed by atoms with Gasteiger partial charge in [-0.05, 0) is 24.3 Å². The second-order valence-corrected chi connectivity index (χ2v) is 6.71. The average molecular weight is 340 g/mol. The first-order chi connectivity index (χ1) is 9.98. The van der Waals surface area contributed by atoms with E-state index < -0.39 is 3.79 Å². The van der Waals surface area contributed by atoms with Crippen molar-refractivity contribution in [1.29, 1.82) is 0 Å². The van der Waals surface area contributed by atoms with Crippen LogP contribution in [0.15, 0.2) is 59.4 Å². The first-order valence-corrected chi connectivity index (χ1v) is 7.26. The maximum atomic E-state index is 12.7. The molecule has 0 aliphatic heterocycles. The van der Waals surface area contributed by atoms with Crippen LogP contribution >= 0.6 is 34.8 Å². The van der Waals surface area contributed by atoms with E-state index in [0.717, 1.165) is 0 Å². The molecule has 0 unspecified atom stereocenters. The van der Waals surface area contributed by atoms with Gasteiger partial charge in [-0.3, -0.25) is 9.36 Å². The third-order valence-electron chi connectivity index (χ3n) is 3.04. The molecule has 6 heteroatoms. The normalized spacial score (nSPS) is 11.8. The topological polar surface area (TPSA) is 34.9 Å². The predicted molar refractivity (Wildman–Crippen MR) is 86.6 cm³/mol. The maximum Gasteiger partial charge on any atom is 0.266 e. The predicted octanol–water partition coefficient (Wildman–Crippen LogP) is 4.21. The van der Waals surface area contributed by atoms with Gasteiger partial charge in [-0.1, -0.05) is 65.1 Å². The van der Waals surface area contributed by atoms with Gasteiger partial charge < -0.3 is 0 Å². The molecule has 0 saturated carbocycles. The molecule has 0 bridgehead atoms. The number of halogens is 3. The van der Waals surface area contributed by atoms with Gasteiger partial charge >= 0.3 is 0 Å². The van der Waals surface area contributed by atoms with E-state index in [2.05, 4.69) is 4.98 Å². The first-order valence-electron chi connectivity index (χ1n) is 6.13. The fraction of sp³-hybridized carbons (Fsp3) is 0.0667. The highest BCUT2D eigenvalue weighted by Crippen LogP contribution is 2.37. The summed E-state index contributed by atoms with van der Waals surface area (Å²) in [5.74, 6) is 0.0717. The highest BCUT2D eigenvalue weighted by molar-refractivity contribution is 6.66. The van der Waals surface area contributed by atoms with Crippen LogP contribution in [0.25, 0.3) is 16.6 Å². The molecule has 0 radical (unpaired) electrons. The molecule has 1 aromatic heterocycles. The maximum absolute atomic E-state index is 12.7. The van der Waals surface area contributed by atoms with Gasteiger partial charge in [0.1, 0.15) is 0 Å². The average Bonchev–Trinajstić information content (AvgIpc) is 2.47. The lowest BCUT2D eigenvalue weighted by molar-refractivity contribution is 0.847. The van der Waals surface area contributed by atoms with Crippen LogP contribution in [0.3, 0.4) is 0 Å². The van der Waals surface area contributed by atoms with E-state index >= 15 is 0 Å². The molecule has 1 heterocycles. The lowest BCUT2D eigenvalue weighted by Gasteiger charge is -2.18. The van der Waals surface area contributed by atoms with Gasteiger partial charge in [0.2, 0.25) is 3.79 Å². The number of rotatable bonds is 1. The highest BCUT2D eigenvalue weighted by Gasteiger charge is 2.30. The van der Waals surface area contributed by atoms with Crippen molar-refractivity contribution in [3.63, 3.8) is 0 Å². The standard InChI is InChI=1S/C15H9Cl3N2O/c16-15(17,18)14-19-12-9-5-4-8-11(12)13(21)20(14)10-6-2-1-3-7-10/h1-9H. The van der Waals surface area contributed by atoms with Crippen LogP contribution in [0.5, 0.6) is 0 Å². The monoisotopic (exact) mass is 338 g/mol. The minimum absolute atomic E-state index is 0.0717. The fourth-order valence-corrected chi connectivity index (χ4v) is 2.52. The Balaban J connectivity index is 2.46. The Morgan fingerprint density at radius 2 is 1.52 bits per heavy atom. The summed E-state index contributed by atoms with van der Waals surface area (Å²) >= 11 is 18.0. The van der Waals surface area contributed by atoms with Gasteiger partial charge in [0.25, 0.3) is 5.56 Å². The van der Waals surface area contributed by atoms with Crippen molar-refractivity contribution >= 4 is 45.7 Å². The summed E-state index contributed by atoms with van der Waals surface area (Å²) < 4.78 is -0.478. The second-order valence-electron chi connectivity index (χ2n) is 4.43. The number of alkyl halides is 3. The molecule has 106 valence electrons. The zero-order valence-corrected chi connectivity index (χ0v) is 12.9. The van der Waals surface area contributed by atoms with Gasteiger partial charge in [-0.2, -0.15) is 0 Å². The number of aromatic nitrogens is 2. The van der Waals surface area contributed by atoms with Crippen molar-refractivity contribution in [1.82, 2.24) is 9.55 Å². The van der Waals surface area contributed by atoms with Crippen LogP contribution in [0.4, 0.5) is 0 Å². The van der Waals surface area contributed by atoms with E-state index in [1.54, 1.807) is 48.5 Å². The van der Waals surface area contributed by atoms with Crippen LogP contribution in [-0.2, 0) is 3.79 Å². The molecule has 3 rings (SSSR count). The molecule has 0 N–H and O–H groups in total. The van der Waals surface area contributed by atoms with E-state index in [9.17, 15) is 4.79 Å². The molecule has 3 nitrogen and oxygen atoms in total.